The maximum atomic E-state index is 12.5. The van der Waals surface area contributed by atoms with Crippen molar-refractivity contribution in [2.75, 3.05) is 13.2 Å². The summed E-state index contributed by atoms with van der Waals surface area (Å²) in [6.45, 7) is 3.75. The van der Waals surface area contributed by atoms with Crippen molar-refractivity contribution in [2.45, 2.75) is 38.3 Å². The number of nitrogens with one attached hydrogen (secondary N) is 2. The van der Waals surface area contributed by atoms with Crippen LogP contribution in [-0.2, 0) is 4.79 Å². The van der Waals surface area contributed by atoms with E-state index >= 15 is 0 Å². The molecule has 4 nitrogen and oxygen atoms in total. The number of piperidine rings is 1. The number of carbonyl (C=O) groups excluding carboxylic acids is 1. The van der Waals surface area contributed by atoms with Crippen molar-refractivity contribution in [3.63, 3.8) is 0 Å². The van der Waals surface area contributed by atoms with Gasteiger partial charge in [0.15, 0.2) is 0 Å². The summed E-state index contributed by atoms with van der Waals surface area (Å²) in [5, 5.41) is 6.53. The summed E-state index contributed by atoms with van der Waals surface area (Å²) < 4.78 is 5.63. The predicted octanol–water partition coefficient (Wildman–Crippen LogP) is 2.01. The molecule has 20 heavy (non-hydrogen) atoms. The highest BCUT2D eigenvalue weighted by atomic mass is 16.5. The highest BCUT2D eigenvalue weighted by molar-refractivity contribution is 5.82. The summed E-state index contributed by atoms with van der Waals surface area (Å²) in [7, 11) is 0. The second kappa shape index (κ2) is 5.83. The molecule has 4 heteroatoms. The third-order valence-electron chi connectivity index (χ3n) is 4.33. The van der Waals surface area contributed by atoms with E-state index in [0.717, 1.165) is 37.1 Å². The van der Waals surface area contributed by atoms with Crippen molar-refractivity contribution in [3.05, 3.63) is 29.8 Å². The van der Waals surface area contributed by atoms with Crippen LogP contribution in [0.25, 0.3) is 0 Å². The molecule has 0 aliphatic carbocycles. The van der Waals surface area contributed by atoms with Gasteiger partial charge in [-0.05, 0) is 31.4 Å². The van der Waals surface area contributed by atoms with E-state index in [1.54, 1.807) is 0 Å². The SMILES string of the molecule is CC1CCCNC1C(=O)NC1CCOc2ccccc21. The van der Waals surface area contributed by atoms with Gasteiger partial charge in [-0.2, -0.15) is 0 Å². The molecule has 108 valence electrons. The van der Waals surface area contributed by atoms with Crippen LogP contribution in [-0.4, -0.2) is 25.1 Å². The van der Waals surface area contributed by atoms with E-state index in [1.165, 1.54) is 0 Å². The Hall–Kier alpha value is -1.55. The minimum absolute atomic E-state index is 0.0567. The first-order valence-corrected chi connectivity index (χ1v) is 7.51. The fourth-order valence-corrected chi connectivity index (χ4v) is 3.15. The minimum Gasteiger partial charge on any atom is -0.493 e. The fraction of sp³-hybridized carbons (Fsp3) is 0.562. The Balaban J connectivity index is 1.70. The standard InChI is InChI=1S/C16H22N2O2/c1-11-5-4-9-17-15(11)16(19)18-13-8-10-20-14-7-3-2-6-12(13)14/h2-3,6-7,11,13,15,17H,4-5,8-10H2,1H3,(H,18,19). The lowest BCUT2D eigenvalue weighted by Crippen LogP contribution is -2.51. The van der Waals surface area contributed by atoms with E-state index in [2.05, 4.69) is 17.6 Å². The molecule has 2 N–H and O–H groups in total. The summed E-state index contributed by atoms with van der Waals surface area (Å²) in [5.41, 5.74) is 1.09. The van der Waals surface area contributed by atoms with Gasteiger partial charge >= 0.3 is 0 Å². The van der Waals surface area contributed by atoms with Crippen LogP contribution < -0.4 is 15.4 Å². The Morgan fingerprint density at radius 1 is 1.35 bits per heavy atom. The number of carbonyl (C=O) groups is 1. The predicted molar refractivity (Wildman–Crippen MR) is 77.6 cm³/mol. The minimum atomic E-state index is -0.0567. The van der Waals surface area contributed by atoms with Crippen LogP contribution in [0.4, 0.5) is 0 Å². The van der Waals surface area contributed by atoms with Gasteiger partial charge < -0.3 is 15.4 Å². The molecule has 1 saturated heterocycles. The Kier molecular flexibility index (Phi) is 3.92. The molecule has 1 aromatic carbocycles. The molecule has 2 heterocycles. The molecule has 3 rings (SSSR count). The lowest BCUT2D eigenvalue weighted by molar-refractivity contribution is -0.125. The molecule has 0 spiro atoms. The van der Waals surface area contributed by atoms with Crippen molar-refractivity contribution in [2.24, 2.45) is 5.92 Å². The molecule has 3 atom stereocenters. The van der Waals surface area contributed by atoms with Gasteiger partial charge in [-0.3, -0.25) is 4.79 Å². The van der Waals surface area contributed by atoms with Crippen molar-refractivity contribution in [1.29, 1.82) is 0 Å². The van der Waals surface area contributed by atoms with Gasteiger partial charge in [0.1, 0.15) is 5.75 Å². The Bertz CT molecular complexity index is 489. The Morgan fingerprint density at radius 3 is 3.05 bits per heavy atom. The molecule has 0 bridgehead atoms. The number of rotatable bonds is 2. The average molecular weight is 274 g/mol. The summed E-state index contributed by atoms with van der Waals surface area (Å²) in [5.74, 6) is 1.42. The van der Waals surface area contributed by atoms with Crippen LogP contribution in [0.3, 0.4) is 0 Å². The zero-order chi connectivity index (χ0) is 13.9. The Labute approximate surface area is 119 Å². The third-order valence-corrected chi connectivity index (χ3v) is 4.33. The summed E-state index contributed by atoms with van der Waals surface area (Å²) in [4.78, 5) is 12.5. The van der Waals surface area contributed by atoms with Crippen LogP contribution in [0, 0.1) is 5.92 Å². The molecule has 1 aromatic rings. The van der Waals surface area contributed by atoms with E-state index in [0.29, 0.717) is 12.5 Å². The van der Waals surface area contributed by atoms with Gasteiger partial charge in [-0.1, -0.05) is 25.1 Å². The first-order valence-electron chi connectivity index (χ1n) is 7.51. The summed E-state index contributed by atoms with van der Waals surface area (Å²) >= 11 is 0. The maximum Gasteiger partial charge on any atom is 0.237 e. The highest BCUT2D eigenvalue weighted by Crippen LogP contribution is 2.31. The van der Waals surface area contributed by atoms with Gasteiger partial charge in [0, 0.05) is 12.0 Å². The van der Waals surface area contributed by atoms with Crippen LogP contribution in [0.1, 0.15) is 37.8 Å². The molecule has 1 fully saturated rings. The smallest absolute Gasteiger partial charge is 0.237 e. The number of ether oxygens (including phenoxy) is 1. The Morgan fingerprint density at radius 2 is 2.20 bits per heavy atom. The van der Waals surface area contributed by atoms with E-state index < -0.39 is 0 Å². The molecule has 0 saturated carbocycles. The lowest BCUT2D eigenvalue weighted by Gasteiger charge is -2.32. The summed E-state index contributed by atoms with van der Waals surface area (Å²) in [6, 6.07) is 7.98. The second-order valence-electron chi connectivity index (χ2n) is 5.79. The molecule has 2 aliphatic rings. The lowest BCUT2D eigenvalue weighted by atomic mass is 9.91. The van der Waals surface area contributed by atoms with Gasteiger partial charge in [0.05, 0.1) is 18.7 Å². The number of hydrogen-bond donors (Lipinski definition) is 2. The molecular formula is C16H22N2O2. The zero-order valence-corrected chi connectivity index (χ0v) is 11.9. The fourth-order valence-electron chi connectivity index (χ4n) is 3.15. The van der Waals surface area contributed by atoms with E-state index in [4.69, 9.17) is 4.74 Å². The number of para-hydroxylation sites is 1. The van der Waals surface area contributed by atoms with Crippen LogP contribution in [0.2, 0.25) is 0 Å². The second-order valence-corrected chi connectivity index (χ2v) is 5.79. The van der Waals surface area contributed by atoms with Crippen molar-refractivity contribution < 1.29 is 9.53 Å². The molecule has 2 aliphatic heterocycles. The number of benzene rings is 1. The van der Waals surface area contributed by atoms with Crippen LogP contribution in [0.15, 0.2) is 24.3 Å². The summed E-state index contributed by atoms with van der Waals surface area (Å²) in [6.07, 6.45) is 3.12. The zero-order valence-electron chi connectivity index (χ0n) is 11.9. The molecule has 0 aromatic heterocycles. The monoisotopic (exact) mass is 274 g/mol. The number of fused-ring (bicyclic) bond motifs is 1. The largest absolute Gasteiger partial charge is 0.493 e. The quantitative estimate of drug-likeness (QED) is 0.867. The molecule has 1 amide bonds. The first kappa shape index (κ1) is 13.4. The van der Waals surface area contributed by atoms with E-state index in [9.17, 15) is 4.79 Å². The van der Waals surface area contributed by atoms with E-state index in [1.807, 2.05) is 24.3 Å². The molecular weight excluding hydrogens is 252 g/mol. The van der Waals surface area contributed by atoms with Crippen LogP contribution >= 0.6 is 0 Å². The van der Waals surface area contributed by atoms with Crippen molar-refractivity contribution >= 4 is 5.91 Å². The average Bonchev–Trinajstić information content (AvgIpc) is 2.48. The molecule has 3 unspecified atom stereocenters. The van der Waals surface area contributed by atoms with Crippen molar-refractivity contribution in [3.8, 4) is 5.75 Å². The highest BCUT2D eigenvalue weighted by Gasteiger charge is 2.30. The van der Waals surface area contributed by atoms with Gasteiger partial charge in [0.25, 0.3) is 0 Å². The number of amides is 1. The maximum absolute atomic E-state index is 12.5. The van der Waals surface area contributed by atoms with Crippen LogP contribution in [0.5, 0.6) is 5.75 Å². The van der Waals surface area contributed by atoms with E-state index in [-0.39, 0.29) is 18.0 Å². The van der Waals surface area contributed by atoms with Gasteiger partial charge in [-0.15, -0.1) is 0 Å². The van der Waals surface area contributed by atoms with Gasteiger partial charge in [0.2, 0.25) is 5.91 Å². The normalized spacial score (nSPS) is 29.1. The van der Waals surface area contributed by atoms with Crippen molar-refractivity contribution in [1.82, 2.24) is 10.6 Å². The number of hydrogen-bond acceptors (Lipinski definition) is 3. The topological polar surface area (TPSA) is 50.4 Å². The third kappa shape index (κ3) is 2.66. The first-order chi connectivity index (χ1) is 9.75. The molecule has 0 radical (unpaired) electrons. The van der Waals surface area contributed by atoms with Gasteiger partial charge in [-0.25, -0.2) is 0 Å².